The first kappa shape index (κ1) is 26.4. The molecule has 0 radical (unpaired) electrons. The summed E-state index contributed by atoms with van der Waals surface area (Å²) in [6, 6.07) is 0. The minimum Gasteiger partial charge on any atom is -0.389 e. The van der Waals surface area contributed by atoms with E-state index < -0.39 is 5.60 Å². The number of methoxy groups -OCH3 is 2. The molecular weight excluding hydrogens is 336 g/mol. The van der Waals surface area contributed by atoms with E-state index in [9.17, 15) is 5.11 Å². The molecule has 0 aliphatic heterocycles. The molecule has 0 amide bonds. The van der Waals surface area contributed by atoms with Crippen LogP contribution in [0.25, 0.3) is 0 Å². The lowest BCUT2D eigenvalue weighted by Crippen LogP contribution is -2.32. The Balaban J connectivity index is 3.62. The van der Waals surface area contributed by atoms with Gasteiger partial charge in [0.25, 0.3) is 0 Å². The molecule has 0 saturated carbocycles. The second-order valence-electron chi connectivity index (χ2n) is 8.68. The minimum absolute atomic E-state index is 0.0720. The third-order valence-electron chi connectivity index (χ3n) is 5.58. The Morgan fingerprint density at radius 1 is 0.741 bits per heavy atom. The van der Waals surface area contributed by atoms with Crippen LogP contribution < -0.4 is 0 Å². The van der Waals surface area contributed by atoms with Crippen LogP contribution >= 0.6 is 0 Å². The van der Waals surface area contributed by atoms with Crippen LogP contribution in [0, 0.1) is 5.41 Å². The van der Waals surface area contributed by atoms with Crippen molar-refractivity contribution in [1.29, 1.82) is 0 Å². The Hall–Kier alpha value is -0.640. The molecule has 160 valence electrons. The van der Waals surface area contributed by atoms with Gasteiger partial charge in [0.1, 0.15) is 0 Å². The van der Waals surface area contributed by atoms with Gasteiger partial charge in [0.2, 0.25) is 0 Å². The number of hydrogen-bond donors (Lipinski definition) is 1. The fourth-order valence-corrected chi connectivity index (χ4v) is 3.95. The molecule has 0 unspecified atom stereocenters. The molecule has 27 heavy (non-hydrogen) atoms. The third kappa shape index (κ3) is 12.4. The van der Waals surface area contributed by atoms with E-state index in [2.05, 4.69) is 27.0 Å². The molecule has 3 nitrogen and oxygen atoms in total. The molecule has 0 spiro atoms. The molecule has 0 aromatic carbocycles. The lowest BCUT2D eigenvalue weighted by molar-refractivity contribution is -0.169. The van der Waals surface area contributed by atoms with E-state index in [-0.39, 0.29) is 11.7 Å². The highest BCUT2D eigenvalue weighted by Crippen LogP contribution is 2.30. The summed E-state index contributed by atoms with van der Waals surface area (Å²) in [5, 5.41) is 10.5. The third-order valence-corrected chi connectivity index (χ3v) is 5.58. The summed E-state index contributed by atoms with van der Waals surface area (Å²) in [5.41, 5.74) is -0.551. The number of rotatable bonds is 19. The number of unbranched alkanes of at least 4 members (excludes halogenated alkanes) is 8. The highest BCUT2D eigenvalue weighted by molar-refractivity contribution is 4.91. The summed E-state index contributed by atoms with van der Waals surface area (Å²) in [6.07, 6.45) is 18.2. The zero-order chi connectivity index (χ0) is 20.6. The van der Waals surface area contributed by atoms with Crippen LogP contribution in [-0.4, -0.2) is 31.2 Å². The molecule has 0 fully saturated rings. The summed E-state index contributed by atoms with van der Waals surface area (Å²) in [6.45, 7) is 11.9. The van der Waals surface area contributed by atoms with Crippen molar-refractivity contribution in [3.8, 4) is 0 Å². The molecular formula is C24H46O3. The van der Waals surface area contributed by atoms with Gasteiger partial charge in [0.15, 0.2) is 6.29 Å². The van der Waals surface area contributed by atoms with E-state index in [1.54, 1.807) is 14.2 Å². The Kier molecular flexibility index (Phi) is 14.9. The molecule has 0 saturated heterocycles. The lowest BCUT2D eigenvalue weighted by atomic mass is 9.86. The quantitative estimate of drug-likeness (QED) is 0.151. The number of hydrogen-bond acceptors (Lipinski definition) is 3. The van der Waals surface area contributed by atoms with Crippen molar-refractivity contribution in [3.63, 3.8) is 0 Å². The van der Waals surface area contributed by atoms with Gasteiger partial charge >= 0.3 is 0 Å². The van der Waals surface area contributed by atoms with E-state index in [0.717, 1.165) is 19.3 Å². The van der Waals surface area contributed by atoms with Gasteiger partial charge in [-0.25, -0.2) is 0 Å². The molecule has 1 N–H and O–H groups in total. The van der Waals surface area contributed by atoms with Gasteiger partial charge in [-0.3, -0.25) is 0 Å². The Morgan fingerprint density at radius 3 is 1.48 bits per heavy atom. The van der Waals surface area contributed by atoms with Crippen molar-refractivity contribution in [3.05, 3.63) is 25.3 Å². The average Bonchev–Trinajstić information content (AvgIpc) is 2.60. The van der Waals surface area contributed by atoms with Gasteiger partial charge in [-0.05, 0) is 25.7 Å². The van der Waals surface area contributed by atoms with Gasteiger partial charge < -0.3 is 14.6 Å². The van der Waals surface area contributed by atoms with Crippen molar-refractivity contribution in [2.45, 2.75) is 109 Å². The first-order valence-electron chi connectivity index (χ1n) is 10.8. The number of aliphatic hydroxyl groups is 1. The van der Waals surface area contributed by atoms with Crippen molar-refractivity contribution in [2.75, 3.05) is 14.2 Å². The van der Waals surface area contributed by atoms with E-state index in [0.29, 0.717) is 12.8 Å². The first-order valence-corrected chi connectivity index (χ1v) is 10.8. The molecule has 0 aromatic rings. The Bertz CT molecular complexity index is 362. The lowest BCUT2D eigenvalue weighted by Gasteiger charge is -2.32. The molecule has 0 rings (SSSR count). The van der Waals surface area contributed by atoms with Crippen LogP contribution in [0.3, 0.4) is 0 Å². The highest BCUT2D eigenvalue weighted by Gasteiger charge is 2.28. The predicted molar refractivity (Wildman–Crippen MR) is 117 cm³/mol. The zero-order valence-electron chi connectivity index (χ0n) is 18.6. The summed E-state index contributed by atoms with van der Waals surface area (Å²) in [5.74, 6) is 0. The van der Waals surface area contributed by atoms with E-state index in [4.69, 9.17) is 9.47 Å². The van der Waals surface area contributed by atoms with Crippen LogP contribution in [0.5, 0.6) is 0 Å². The van der Waals surface area contributed by atoms with Gasteiger partial charge in [-0.1, -0.05) is 83.8 Å². The maximum atomic E-state index is 10.5. The largest absolute Gasteiger partial charge is 0.389 e. The van der Waals surface area contributed by atoms with Crippen molar-refractivity contribution >= 4 is 0 Å². The molecule has 0 bridgehead atoms. The van der Waals surface area contributed by atoms with Crippen LogP contribution in [0.2, 0.25) is 0 Å². The molecule has 0 atom stereocenters. The van der Waals surface area contributed by atoms with Crippen molar-refractivity contribution < 1.29 is 14.6 Å². The second kappa shape index (κ2) is 15.3. The predicted octanol–water partition coefficient (Wildman–Crippen LogP) is 6.81. The molecule has 3 heteroatoms. The SMILES string of the molecule is C=CCC(O)(CC=C)CCCCCCCCCCCC(C)(C)C(OC)OC. The van der Waals surface area contributed by atoms with Gasteiger partial charge in [-0.15, -0.1) is 13.2 Å². The summed E-state index contributed by atoms with van der Waals surface area (Å²) < 4.78 is 10.8. The van der Waals surface area contributed by atoms with Crippen molar-refractivity contribution in [2.24, 2.45) is 5.41 Å². The Morgan fingerprint density at radius 2 is 1.11 bits per heavy atom. The molecule has 0 heterocycles. The van der Waals surface area contributed by atoms with Crippen LogP contribution in [0.4, 0.5) is 0 Å². The van der Waals surface area contributed by atoms with E-state index in [1.165, 1.54) is 51.4 Å². The smallest absolute Gasteiger partial charge is 0.161 e. The van der Waals surface area contributed by atoms with Gasteiger partial charge in [0, 0.05) is 19.6 Å². The average molecular weight is 383 g/mol. The van der Waals surface area contributed by atoms with Crippen LogP contribution in [0.15, 0.2) is 25.3 Å². The maximum Gasteiger partial charge on any atom is 0.161 e. The Labute approximate surface area is 169 Å². The highest BCUT2D eigenvalue weighted by atomic mass is 16.7. The second-order valence-corrected chi connectivity index (χ2v) is 8.68. The standard InChI is InChI=1S/C24H46O3/c1-7-18-24(25,19-8-2)21-17-15-13-11-9-10-12-14-16-20-23(3,4)22(26-5)27-6/h7-8,22,25H,1-2,9-21H2,3-6H3. The molecule has 0 aliphatic rings. The molecule has 0 aromatic heterocycles. The number of ether oxygens (including phenoxy) is 2. The fourth-order valence-electron chi connectivity index (χ4n) is 3.95. The van der Waals surface area contributed by atoms with E-state index in [1.807, 2.05) is 12.2 Å². The van der Waals surface area contributed by atoms with Crippen LogP contribution in [0.1, 0.15) is 97.3 Å². The van der Waals surface area contributed by atoms with Crippen LogP contribution in [-0.2, 0) is 9.47 Å². The molecule has 0 aliphatic carbocycles. The fraction of sp³-hybridized carbons (Fsp3) is 0.833. The van der Waals surface area contributed by atoms with E-state index >= 15 is 0 Å². The van der Waals surface area contributed by atoms with Crippen molar-refractivity contribution in [1.82, 2.24) is 0 Å². The normalized spacial score (nSPS) is 12.5. The monoisotopic (exact) mass is 382 g/mol. The maximum absolute atomic E-state index is 10.5. The zero-order valence-corrected chi connectivity index (χ0v) is 18.6. The summed E-state index contributed by atoms with van der Waals surface area (Å²) in [7, 11) is 3.44. The van der Waals surface area contributed by atoms with Gasteiger partial charge in [0.05, 0.1) is 5.60 Å². The topological polar surface area (TPSA) is 38.7 Å². The summed E-state index contributed by atoms with van der Waals surface area (Å²) in [4.78, 5) is 0. The van der Waals surface area contributed by atoms with Gasteiger partial charge in [-0.2, -0.15) is 0 Å². The minimum atomic E-state index is -0.623. The first-order chi connectivity index (χ1) is 12.8. The summed E-state index contributed by atoms with van der Waals surface area (Å²) >= 11 is 0.